The Morgan fingerprint density at radius 2 is 1.73 bits per heavy atom. The molecule has 2 aromatic carbocycles. The maximum absolute atomic E-state index is 12.9. The van der Waals surface area contributed by atoms with E-state index in [-0.39, 0.29) is 22.4 Å². The SMILES string of the molecule is CSc1ccc(S(=O)(=O)Nc2cccc(N(C)S(C)(=O)=O)c2)cc1NC(=O)C(C)C. The quantitative estimate of drug-likeness (QED) is 0.572. The molecule has 11 heteroatoms. The average Bonchev–Trinajstić information content (AvgIpc) is 2.66. The number of benzene rings is 2. The summed E-state index contributed by atoms with van der Waals surface area (Å²) in [6.07, 6.45) is 2.89. The molecule has 0 saturated heterocycles. The molecule has 164 valence electrons. The van der Waals surface area contributed by atoms with Gasteiger partial charge in [-0.05, 0) is 42.7 Å². The van der Waals surface area contributed by atoms with Crippen molar-refractivity contribution in [3.05, 3.63) is 42.5 Å². The maximum Gasteiger partial charge on any atom is 0.261 e. The zero-order valence-corrected chi connectivity index (χ0v) is 19.8. The molecule has 2 N–H and O–H groups in total. The second-order valence-electron chi connectivity index (χ2n) is 6.89. The van der Waals surface area contributed by atoms with Gasteiger partial charge in [0.2, 0.25) is 15.9 Å². The molecular formula is C19H25N3O5S3. The summed E-state index contributed by atoms with van der Waals surface area (Å²) in [4.78, 5) is 12.8. The molecule has 2 aromatic rings. The molecule has 0 aliphatic carbocycles. The van der Waals surface area contributed by atoms with Crippen molar-refractivity contribution in [3.8, 4) is 0 Å². The number of thioether (sulfide) groups is 1. The van der Waals surface area contributed by atoms with Gasteiger partial charge < -0.3 is 5.32 Å². The van der Waals surface area contributed by atoms with Crippen LogP contribution in [-0.2, 0) is 24.8 Å². The van der Waals surface area contributed by atoms with Crippen LogP contribution in [0.3, 0.4) is 0 Å². The van der Waals surface area contributed by atoms with Gasteiger partial charge in [0, 0.05) is 17.9 Å². The first kappa shape index (κ1) is 24.0. The minimum Gasteiger partial charge on any atom is -0.325 e. The number of sulfonamides is 2. The van der Waals surface area contributed by atoms with Gasteiger partial charge in [-0.15, -0.1) is 11.8 Å². The summed E-state index contributed by atoms with van der Waals surface area (Å²) in [5, 5.41) is 2.75. The highest BCUT2D eigenvalue weighted by atomic mass is 32.2. The Morgan fingerprint density at radius 1 is 1.07 bits per heavy atom. The van der Waals surface area contributed by atoms with Gasteiger partial charge in [0.1, 0.15) is 0 Å². The van der Waals surface area contributed by atoms with Gasteiger partial charge in [-0.3, -0.25) is 13.8 Å². The van der Waals surface area contributed by atoms with E-state index in [1.807, 2.05) is 6.26 Å². The molecule has 0 aromatic heterocycles. The standard InChI is InChI=1S/C19H25N3O5S3/c1-13(2)19(23)20-17-12-16(9-10-18(17)28-4)30(26,27)21-14-7-6-8-15(11-14)22(3)29(5,24)25/h6-13,21H,1-5H3,(H,20,23). The van der Waals surface area contributed by atoms with Gasteiger partial charge in [0.25, 0.3) is 10.0 Å². The number of hydrogen-bond acceptors (Lipinski definition) is 6. The molecule has 0 saturated carbocycles. The molecular weight excluding hydrogens is 446 g/mol. The fourth-order valence-corrected chi connectivity index (χ4v) is 4.51. The van der Waals surface area contributed by atoms with Crippen LogP contribution in [0.1, 0.15) is 13.8 Å². The molecule has 0 unspecified atom stereocenters. The first-order chi connectivity index (χ1) is 13.8. The third-order valence-electron chi connectivity index (χ3n) is 4.22. The topological polar surface area (TPSA) is 113 Å². The zero-order chi connectivity index (χ0) is 22.7. The minimum absolute atomic E-state index is 0.0266. The number of carbonyl (C=O) groups excluding carboxylic acids is 1. The van der Waals surface area contributed by atoms with Crippen molar-refractivity contribution in [1.29, 1.82) is 0 Å². The Morgan fingerprint density at radius 3 is 2.30 bits per heavy atom. The van der Waals surface area contributed by atoms with Gasteiger partial charge in [-0.1, -0.05) is 19.9 Å². The Labute approximate surface area is 182 Å². The molecule has 30 heavy (non-hydrogen) atoms. The molecule has 0 atom stereocenters. The van der Waals surface area contributed by atoms with Crippen molar-refractivity contribution < 1.29 is 21.6 Å². The summed E-state index contributed by atoms with van der Waals surface area (Å²) in [7, 11) is -6.08. The summed E-state index contributed by atoms with van der Waals surface area (Å²) in [5.41, 5.74) is 0.944. The van der Waals surface area contributed by atoms with E-state index in [9.17, 15) is 21.6 Å². The van der Waals surface area contributed by atoms with E-state index >= 15 is 0 Å². The third kappa shape index (κ3) is 5.89. The number of amides is 1. The first-order valence-corrected chi connectivity index (χ1v) is 13.5. The van der Waals surface area contributed by atoms with Crippen LogP contribution in [0.15, 0.2) is 52.3 Å². The highest BCUT2D eigenvalue weighted by molar-refractivity contribution is 7.98. The smallest absolute Gasteiger partial charge is 0.261 e. The van der Waals surface area contributed by atoms with Crippen molar-refractivity contribution in [3.63, 3.8) is 0 Å². The fraction of sp³-hybridized carbons (Fsp3) is 0.316. The molecule has 0 heterocycles. The van der Waals surface area contributed by atoms with Gasteiger partial charge >= 0.3 is 0 Å². The summed E-state index contributed by atoms with van der Waals surface area (Å²) in [6, 6.07) is 10.5. The molecule has 0 spiro atoms. The van der Waals surface area contributed by atoms with Crippen molar-refractivity contribution in [1.82, 2.24) is 0 Å². The molecule has 8 nitrogen and oxygen atoms in total. The van der Waals surface area contributed by atoms with E-state index in [4.69, 9.17) is 0 Å². The monoisotopic (exact) mass is 471 g/mol. The number of anilines is 3. The Hall–Kier alpha value is -2.24. The Bertz CT molecular complexity index is 1150. The molecule has 1 amide bonds. The van der Waals surface area contributed by atoms with Crippen molar-refractivity contribution >= 4 is 54.8 Å². The van der Waals surface area contributed by atoms with E-state index in [2.05, 4.69) is 10.0 Å². The number of carbonyl (C=O) groups is 1. The average molecular weight is 472 g/mol. The number of nitrogens with zero attached hydrogens (tertiary/aromatic N) is 1. The molecule has 0 fully saturated rings. The minimum atomic E-state index is -3.97. The van der Waals surface area contributed by atoms with Crippen molar-refractivity contribution in [2.75, 3.05) is 33.9 Å². The van der Waals surface area contributed by atoms with E-state index in [0.29, 0.717) is 11.4 Å². The van der Waals surface area contributed by atoms with Crippen LogP contribution in [-0.4, -0.2) is 42.3 Å². The lowest BCUT2D eigenvalue weighted by atomic mass is 10.2. The van der Waals surface area contributed by atoms with Crippen LogP contribution >= 0.6 is 11.8 Å². The summed E-state index contributed by atoms with van der Waals surface area (Å²) in [5.74, 6) is -0.475. The van der Waals surface area contributed by atoms with Crippen LogP contribution < -0.4 is 14.3 Å². The van der Waals surface area contributed by atoms with E-state index < -0.39 is 20.0 Å². The summed E-state index contributed by atoms with van der Waals surface area (Å²) in [6.45, 7) is 3.49. The van der Waals surface area contributed by atoms with E-state index in [0.717, 1.165) is 15.5 Å². The third-order valence-corrected chi connectivity index (χ3v) is 7.60. The number of rotatable bonds is 8. The largest absolute Gasteiger partial charge is 0.325 e. The highest BCUT2D eigenvalue weighted by Crippen LogP contribution is 2.30. The van der Waals surface area contributed by atoms with E-state index in [1.165, 1.54) is 43.1 Å². The predicted molar refractivity (Wildman–Crippen MR) is 122 cm³/mol. The van der Waals surface area contributed by atoms with Crippen molar-refractivity contribution in [2.24, 2.45) is 5.92 Å². The zero-order valence-electron chi connectivity index (χ0n) is 17.3. The molecule has 0 aliphatic heterocycles. The van der Waals surface area contributed by atoms with Gasteiger partial charge in [0.05, 0.1) is 28.2 Å². The fourth-order valence-electron chi connectivity index (χ4n) is 2.40. The Balaban J connectivity index is 2.37. The van der Waals surface area contributed by atoms with Crippen LogP contribution in [0.5, 0.6) is 0 Å². The molecule has 0 bridgehead atoms. The number of hydrogen-bond donors (Lipinski definition) is 2. The van der Waals surface area contributed by atoms with Crippen molar-refractivity contribution in [2.45, 2.75) is 23.6 Å². The predicted octanol–water partition coefficient (Wildman–Crippen LogP) is 3.20. The lowest BCUT2D eigenvalue weighted by Gasteiger charge is -2.18. The van der Waals surface area contributed by atoms with Crippen LogP contribution in [0.25, 0.3) is 0 Å². The van der Waals surface area contributed by atoms with Crippen LogP contribution in [0, 0.1) is 5.92 Å². The molecule has 0 aliphatic rings. The normalized spacial score (nSPS) is 11.9. The number of nitrogens with one attached hydrogen (secondary N) is 2. The lowest BCUT2D eigenvalue weighted by Crippen LogP contribution is -2.25. The van der Waals surface area contributed by atoms with Gasteiger partial charge in [0.15, 0.2) is 0 Å². The second kappa shape index (κ2) is 9.27. The molecule has 0 radical (unpaired) electrons. The maximum atomic E-state index is 12.9. The van der Waals surface area contributed by atoms with Crippen LogP contribution in [0.2, 0.25) is 0 Å². The van der Waals surface area contributed by atoms with Crippen LogP contribution in [0.4, 0.5) is 17.1 Å². The van der Waals surface area contributed by atoms with Gasteiger partial charge in [-0.2, -0.15) is 0 Å². The Kier molecular flexibility index (Phi) is 7.43. The van der Waals surface area contributed by atoms with Gasteiger partial charge in [-0.25, -0.2) is 16.8 Å². The van der Waals surface area contributed by atoms with E-state index in [1.54, 1.807) is 32.0 Å². The lowest BCUT2D eigenvalue weighted by molar-refractivity contribution is -0.118. The highest BCUT2D eigenvalue weighted by Gasteiger charge is 2.19. The summed E-state index contributed by atoms with van der Waals surface area (Å²) >= 11 is 1.39. The molecule has 2 rings (SSSR count). The second-order valence-corrected chi connectivity index (χ2v) is 11.4. The summed E-state index contributed by atoms with van der Waals surface area (Å²) < 4.78 is 52.8. The first-order valence-electron chi connectivity index (χ1n) is 8.91.